The quantitative estimate of drug-likeness (QED) is 0.579. The monoisotopic (exact) mass is 388 g/mol. The number of hydrogen-bond donors (Lipinski definition) is 0. The topological polar surface area (TPSA) is 79.1 Å². The summed E-state index contributed by atoms with van der Waals surface area (Å²) in [4.78, 5) is 29.2. The molecular weight excluding hydrogens is 368 g/mol. The Hall–Kier alpha value is -2.87. The lowest BCUT2D eigenvalue weighted by Gasteiger charge is -2.13. The molecule has 0 amide bonds. The summed E-state index contributed by atoms with van der Waals surface area (Å²) in [7, 11) is 1.51. The van der Waals surface area contributed by atoms with E-state index >= 15 is 0 Å². The Labute approximate surface area is 160 Å². The Morgan fingerprint density at radius 2 is 2.07 bits per heavy atom. The maximum absolute atomic E-state index is 12.3. The summed E-state index contributed by atoms with van der Waals surface area (Å²) in [5, 5.41) is 1.77. The zero-order chi connectivity index (χ0) is 19.4. The van der Waals surface area contributed by atoms with E-state index in [4.69, 9.17) is 14.2 Å². The molecule has 0 aliphatic rings. The summed E-state index contributed by atoms with van der Waals surface area (Å²) in [6, 6.07) is 6.23. The number of hydrogen-bond acceptors (Lipinski definition) is 7. The second-order valence-electron chi connectivity index (χ2n) is 6.29. The standard InChI is InChI=1S/C19H20N2O5S/c1-12(2)10-25-15-5-4-13(8-16(15)24-3)18(23)26-11-14-9-17(22)21-6-7-27-19(21)20-14/h4-9,12H,10-11H2,1-3H3. The second kappa shape index (κ2) is 8.22. The van der Waals surface area contributed by atoms with Gasteiger partial charge in [0.25, 0.3) is 5.56 Å². The van der Waals surface area contributed by atoms with Crippen molar-refractivity contribution in [2.45, 2.75) is 20.5 Å². The van der Waals surface area contributed by atoms with Gasteiger partial charge in [-0.05, 0) is 24.1 Å². The third kappa shape index (κ3) is 4.46. The van der Waals surface area contributed by atoms with Gasteiger partial charge in [-0.3, -0.25) is 9.20 Å². The highest BCUT2D eigenvalue weighted by Gasteiger charge is 2.14. The van der Waals surface area contributed by atoms with Crippen LogP contribution in [-0.2, 0) is 11.3 Å². The Bertz CT molecular complexity index is 1010. The summed E-state index contributed by atoms with van der Waals surface area (Å²) in [5.74, 6) is 0.871. The Morgan fingerprint density at radius 3 is 2.81 bits per heavy atom. The highest BCUT2D eigenvalue weighted by atomic mass is 32.1. The number of aromatic nitrogens is 2. The molecule has 0 saturated heterocycles. The van der Waals surface area contributed by atoms with E-state index in [-0.39, 0.29) is 12.2 Å². The van der Waals surface area contributed by atoms with Gasteiger partial charge in [0.15, 0.2) is 16.5 Å². The first-order valence-electron chi connectivity index (χ1n) is 8.41. The SMILES string of the molecule is COc1cc(C(=O)OCc2cc(=O)n3ccsc3n2)ccc1OCC(C)C. The smallest absolute Gasteiger partial charge is 0.338 e. The second-order valence-corrected chi connectivity index (χ2v) is 7.16. The van der Waals surface area contributed by atoms with Crippen LogP contribution in [0.4, 0.5) is 0 Å². The molecule has 8 heteroatoms. The summed E-state index contributed by atoms with van der Waals surface area (Å²) in [6.45, 7) is 4.56. The first kappa shape index (κ1) is 18.9. The number of benzene rings is 1. The van der Waals surface area contributed by atoms with Crippen LogP contribution in [0.2, 0.25) is 0 Å². The van der Waals surface area contributed by atoms with Gasteiger partial charge in [0.05, 0.1) is 25.0 Å². The molecule has 2 aromatic heterocycles. The highest BCUT2D eigenvalue weighted by Crippen LogP contribution is 2.28. The largest absolute Gasteiger partial charge is 0.493 e. The zero-order valence-electron chi connectivity index (χ0n) is 15.3. The van der Waals surface area contributed by atoms with Crippen LogP contribution in [0, 0.1) is 5.92 Å². The molecule has 3 aromatic rings. The summed E-state index contributed by atoms with van der Waals surface area (Å²) in [6.07, 6.45) is 1.65. The van der Waals surface area contributed by atoms with Gasteiger partial charge in [0.2, 0.25) is 0 Å². The molecular formula is C19H20N2O5S. The minimum atomic E-state index is -0.531. The highest BCUT2D eigenvalue weighted by molar-refractivity contribution is 7.15. The molecule has 2 heterocycles. The van der Waals surface area contributed by atoms with Gasteiger partial charge in [0, 0.05) is 17.6 Å². The van der Waals surface area contributed by atoms with Crippen molar-refractivity contribution in [1.82, 2.24) is 9.38 Å². The first-order valence-corrected chi connectivity index (χ1v) is 9.29. The van der Waals surface area contributed by atoms with E-state index in [1.54, 1.807) is 29.8 Å². The molecule has 3 rings (SSSR count). The fraction of sp³-hybridized carbons (Fsp3) is 0.316. The van der Waals surface area contributed by atoms with E-state index in [1.807, 2.05) is 13.8 Å². The number of nitrogens with zero attached hydrogens (tertiary/aromatic N) is 2. The van der Waals surface area contributed by atoms with E-state index < -0.39 is 5.97 Å². The molecule has 0 atom stereocenters. The molecule has 7 nitrogen and oxygen atoms in total. The molecule has 0 fully saturated rings. The molecule has 1 aromatic carbocycles. The molecule has 0 bridgehead atoms. The van der Waals surface area contributed by atoms with Crippen LogP contribution in [0.3, 0.4) is 0 Å². The lowest BCUT2D eigenvalue weighted by molar-refractivity contribution is 0.0467. The Morgan fingerprint density at radius 1 is 1.26 bits per heavy atom. The van der Waals surface area contributed by atoms with Crippen molar-refractivity contribution in [1.29, 1.82) is 0 Å². The average Bonchev–Trinajstić information content (AvgIpc) is 3.13. The molecule has 0 unspecified atom stereocenters. The predicted molar refractivity (Wildman–Crippen MR) is 102 cm³/mol. The van der Waals surface area contributed by atoms with Crippen LogP contribution >= 0.6 is 11.3 Å². The minimum absolute atomic E-state index is 0.0869. The Balaban J connectivity index is 1.70. The van der Waals surface area contributed by atoms with Gasteiger partial charge >= 0.3 is 5.97 Å². The van der Waals surface area contributed by atoms with E-state index in [2.05, 4.69) is 4.98 Å². The van der Waals surface area contributed by atoms with Crippen molar-refractivity contribution < 1.29 is 19.0 Å². The lowest BCUT2D eigenvalue weighted by Crippen LogP contribution is -2.14. The zero-order valence-corrected chi connectivity index (χ0v) is 16.1. The van der Waals surface area contributed by atoms with Crippen molar-refractivity contribution in [3.63, 3.8) is 0 Å². The van der Waals surface area contributed by atoms with Crippen molar-refractivity contribution in [2.75, 3.05) is 13.7 Å². The summed E-state index contributed by atoms with van der Waals surface area (Å²) < 4.78 is 17.7. The van der Waals surface area contributed by atoms with Gasteiger partial charge in [-0.15, -0.1) is 11.3 Å². The number of carbonyl (C=O) groups is 1. The van der Waals surface area contributed by atoms with Crippen LogP contribution < -0.4 is 15.0 Å². The fourth-order valence-electron chi connectivity index (χ4n) is 2.35. The third-order valence-electron chi connectivity index (χ3n) is 3.68. The predicted octanol–water partition coefficient (Wildman–Crippen LogP) is 3.16. The molecule has 0 aliphatic heterocycles. The molecule has 142 valence electrons. The number of rotatable bonds is 7. The Kier molecular flexibility index (Phi) is 5.75. The van der Waals surface area contributed by atoms with Crippen molar-refractivity contribution in [3.8, 4) is 11.5 Å². The molecule has 0 N–H and O–H groups in total. The molecule has 0 saturated carbocycles. The van der Waals surface area contributed by atoms with Crippen molar-refractivity contribution in [2.24, 2.45) is 5.92 Å². The van der Waals surface area contributed by atoms with E-state index in [0.717, 1.165) is 0 Å². The maximum Gasteiger partial charge on any atom is 0.338 e. The summed E-state index contributed by atoms with van der Waals surface area (Å²) >= 11 is 1.34. The number of fused-ring (bicyclic) bond motifs is 1. The first-order chi connectivity index (χ1) is 13.0. The number of esters is 1. The van der Waals surface area contributed by atoms with Crippen molar-refractivity contribution in [3.05, 3.63) is 57.5 Å². The van der Waals surface area contributed by atoms with Crippen LogP contribution in [-0.4, -0.2) is 29.1 Å². The van der Waals surface area contributed by atoms with Gasteiger partial charge in [-0.25, -0.2) is 9.78 Å². The van der Waals surface area contributed by atoms with Gasteiger partial charge in [-0.1, -0.05) is 13.8 Å². The minimum Gasteiger partial charge on any atom is -0.493 e. The van der Waals surface area contributed by atoms with Gasteiger partial charge in [0.1, 0.15) is 6.61 Å². The van der Waals surface area contributed by atoms with E-state index in [9.17, 15) is 9.59 Å². The number of ether oxygens (including phenoxy) is 3. The molecule has 27 heavy (non-hydrogen) atoms. The lowest BCUT2D eigenvalue weighted by atomic mass is 10.2. The average molecular weight is 388 g/mol. The van der Waals surface area contributed by atoms with Gasteiger partial charge in [-0.2, -0.15) is 0 Å². The van der Waals surface area contributed by atoms with Crippen LogP contribution in [0.1, 0.15) is 29.9 Å². The molecule has 0 radical (unpaired) electrons. The molecule has 0 aliphatic carbocycles. The van der Waals surface area contributed by atoms with Crippen LogP contribution in [0.25, 0.3) is 4.96 Å². The summed E-state index contributed by atoms with van der Waals surface area (Å²) in [5.41, 5.74) is 0.526. The van der Waals surface area contributed by atoms with E-state index in [0.29, 0.717) is 40.2 Å². The number of thiazole rings is 1. The maximum atomic E-state index is 12.3. The van der Waals surface area contributed by atoms with E-state index in [1.165, 1.54) is 28.9 Å². The normalized spacial score (nSPS) is 11.0. The number of methoxy groups -OCH3 is 1. The van der Waals surface area contributed by atoms with Crippen LogP contribution in [0.5, 0.6) is 11.5 Å². The van der Waals surface area contributed by atoms with Crippen molar-refractivity contribution >= 4 is 22.3 Å². The van der Waals surface area contributed by atoms with Crippen LogP contribution in [0.15, 0.2) is 40.6 Å². The fourth-order valence-corrected chi connectivity index (χ4v) is 3.09. The number of carbonyl (C=O) groups excluding carboxylic acids is 1. The molecule has 0 spiro atoms. The third-order valence-corrected chi connectivity index (χ3v) is 4.44. The van der Waals surface area contributed by atoms with Gasteiger partial charge < -0.3 is 14.2 Å².